The van der Waals surface area contributed by atoms with Gasteiger partial charge in [-0.05, 0) is 12.1 Å². The van der Waals surface area contributed by atoms with Crippen LogP contribution in [0, 0.1) is 0 Å². The molecule has 0 aliphatic heterocycles. The third kappa shape index (κ3) is 2.10. The molecule has 0 unspecified atom stereocenters. The molecule has 0 aliphatic carbocycles. The summed E-state index contributed by atoms with van der Waals surface area (Å²) < 4.78 is 1.84. The predicted molar refractivity (Wildman–Crippen MR) is 47.7 cm³/mol. The Kier molecular flexibility index (Phi) is 2.88. The van der Waals surface area contributed by atoms with Crippen molar-refractivity contribution in [2.45, 2.75) is 6.42 Å². The van der Waals surface area contributed by atoms with E-state index in [0.717, 1.165) is 5.82 Å². The minimum Gasteiger partial charge on any atom is -0.338 e. The molecular weight excluding hydrogens is 154 g/mol. The molecule has 0 aromatic carbocycles. The summed E-state index contributed by atoms with van der Waals surface area (Å²) in [6, 6.07) is 3.71. The lowest BCUT2D eigenvalue weighted by Gasteiger charge is -2.04. The van der Waals surface area contributed by atoms with Gasteiger partial charge in [0.15, 0.2) is 0 Å². The van der Waals surface area contributed by atoms with Crippen LogP contribution in [-0.4, -0.2) is 17.0 Å². The number of anilines is 1. The second kappa shape index (κ2) is 3.92. The molecule has 0 spiro atoms. The van der Waals surface area contributed by atoms with Gasteiger partial charge in [0, 0.05) is 26.2 Å². The second-order valence-corrected chi connectivity index (χ2v) is 2.59. The number of aromatic nitrogens is 1. The van der Waals surface area contributed by atoms with Crippen molar-refractivity contribution in [2.75, 3.05) is 11.9 Å². The molecule has 1 aromatic rings. The van der Waals surface area contributed by atoms with Crippen molar-refractivity contribution in [2.24, 2.45) is 12.8 Å². The average Bonchev–Trinajstić information content (AvgIpc) is 2.37. The molecule has 1 aromatic heterocycles. The van der Waals surface area contributed by atoms with E-state index in [9.17, 15) is 4.79 Å². The summed E-state index contributed by atoms with van der Waals surface area (Å²) in [5, 5.41) is 2.74. The molecule has 0 radical (unpaired) electrons. The van der Waals surface area contributed by atoms with Crippen LogP contribution in [0.5, 0.6) is 0 Å². The second-order valence-electron chi connectivity index (χ2n) is 2.59. The van der Waals surface area contributed by atoms with Gasteiger partial charge in [0.1, 0.15) is 5.82 Å². The van der Waals surface area contributed by atoms with Gasteiger partial charge < -0.3 is 15.6 Å². The monoisotopic (exact) mass is 167 g/mol. The summed E-state index contributed by atoms with van der Waals surface area (Å²) in [6.45, 7) is 0.385. The highest BCUT2D eigenvalue weighted by Gasteiger charge is 2.01. The van der Waals surface area contributed by atoms with Gasteiger partial charge >= 0.3 is 0 Å². The number of carbonyl (C=O) groups is 1. The molecule has 4 heteroatoms. The molecule has 1 amide bonds. The summed E-state index contributed by atoms with van der Waals surface area (Å²) in [7, 11) is 1.87. The van der Waals surface area contributed by atoms with Crippen LogP contribution in [-0.2, 0) is 11.8 Å². The van der Waals surface area contributed by atoms with Crippen LogP contribution < -0.4 is 11.1 Å². The number of nitrogens with two attached hydrogens (primary N) is 1. The molecule has 0 saturated heterocycles. The van der Waals surface area contributed by atoms with Crippen LogP contribution in [0.25, 0.3) is 0 Å². The SMILES string of the molecule is Cn1cccc1NC(=O)CCN. The summed E-state index contributed by atoms with van der Waals surface area (Å²) in [5.41, 5.74) is 5.23. The third-order valence-electron chi connectivity index (χ3n) is 1.58. The fourth-order valence-electron chi connectivity index (χ4n) is 0.927. The van der Waals surface area contributed by atoms with Crippen LogP contribution in [0.3, 0.4) is 0 Å². The maximum absolute atomic E-state index is 11.1. The molecule has 1 heterocycles. The van der Waals surface area contributed by atoms with E-state index in [-0.39, 0.29) is 5.91 Å². The van der Waals surface area contributed by atoms with Crippen LogP contribution in [0.1, 0.15) is 6.42 Å². The third-order valence-corrected chi connectivity index (χ3v) is 1.58. The maximum atomic E-state index is 11.1. The first kappa shape index (κ1) is 8.80. The molecule has 0 bridgehead atoms. The standard InChI is InChI=1S/C8H13N3O/c1-11-6-2-3-7(11)10-8(12)4-5-9/h2-3,6H,4-5,9H2,1H3,(H,10,12). The zero-order valence-electron chi connectivity index (χ0n) is 7.08. The first-order valence-electron chi connectivity index (χ1n) is 3.85. The van der Waals surface area contributed by atoms with Crippen LogP contribution >= 0.6 is 0 Å². The van der Waals surface area contributed by atoms with Gasteiger partial charge in [0.25, 0.3) is 0 Å². The predicted octanol–water partition coefficient (Wildman–Crippen LogP) is 0.312. The van der Waals surface area contributed by atoms with E-state index in [0.29, 0.717) is 13.0 Å². The number of nitrogens with zero attached hydrogens (tertiary/aromatic N) is 1. The summed E-state index contributed by atoms with van der Waals surface area (Å²) in [5.74, 6) is 0.757. The molecule has 4 nitrogen and oxygen atoms in total. The smallest absolute Gasteiger partial charge is 0.226 e. The lowest BCUT2D eigenvalue weighted by atomic mass is 10.4. The number of hydrogen-bond acceptors (Lipinski definition) is 2. The molecule has 0 saturated carbocycles. The van der Waals surface area contributed by atoms with Crippen molar-refractivity contribution >= 4 is 11.7 Å². The fraction of sp³-hybridized carbons (Fsp3) is 0.375. The maximum Gasteiger partial charge on any atom is 0.226 e. The van der Waals surface area contributed by atoms with E-state index in [1.165, 1.54) is 0 Å². The minimum absolute atomic E-state index is 0.0423. The highest BCUT2D eigenvalue weighted by Crippen LogP contribution is 2.05. The average molecular weight is 167 g/mol. The van der Waals surface area contributed by atoms with Gasteiger partial charge in [-0.1, -0.05) is 0 Å². The molecule has 0 atom stereocenters. The highest BCUT2D eigenvalue weighted by molar-refractivity contribution is 5.89. The topological polar surface area (TPSA) is 60.0 Å². The fourth-order valence-corrected chi connectivity index (χ4v) is 0.927. The Hall–Kier alpha value is -1.29. The molecule has 0 fully saturated rings. The number of carbonyl (C=O) groups excluding carboxylic acids is 1. The number of hydrogen-bond donors (Lipinski definition) is 2. The van der Waals surface area contributed by atoms with Gasteiger partial charge in [-0.2, -0.15) is 0 Å². The van der Waals surface area contributed by atoms with Crippen LogP contribution in [0.2, 0.25) is 0 Å². The Bertz CT molecular complexity index is 267. The highest BCUT2D eigenvalue weighted by atomic mass is 16.1. The summed E-state index contributed by atoms with van der Waals surface area (Å²) >= 11 is 0. The summed E-state index contributed by atoms with van der Waals surface area (Å²) in [4.78, 5) is 11.1. The number of aryl methyl sites for hydroxylation is 1. The Morgan fingerprint density at radius 1 is 1.75 bits per heavy atom. The Morgan fingerprint density at radius 3 is 3.00 bits per heavy atom. The van der Waals surface area contributed by atoms with E-state index >= 15 is 0 Å². The molecule has 12 heavy (non-hydrogen) atoms. The lowest BCUT2D eigenvalue weighted by Crippen LogP contribution is -2.17. The molecular formula is C8H13N3O. The van der Waals surface area contributed by atoms with Gasteiger partial charge in [-0.25, -0.2) is 0 Å². The quantitative estimate of drug-likeness (QED) is 0.680. The Labute approximate surface area is 71.4 Å². The largest absolute Gasteiger partial charge is 0.338 e. The van der Waals surface area contributed by atoms with Crippen molar-refractivity contribution in [3.05, 3.63) is 18.3 Å². The van der Waals surface area contributed by atoms with Crippen molar-refractivity contribution < 1.29 is 4.79 Å². The van der Waals surface area contributed by atoms with Crippen LogP contribution in [0.15, 0.2) is 18.3 Å². The molecule has 1 rings (SSSR count). The van der Waals surface area contributed by atoms with Crippen molar-refractivity contribution in [3.63, 3.8) is 0 Å². The number of rotatable bonds is 3. The van der Waals surface area contributed by atoms with Gasteiger partial charge in [-0.3, -0.25) is 4.79 Å². The Balaban J connectivity index is 2.52. The zero-order chi connectivity index (χ0) is 8.97. The van der Waals surface area contributed by atoms with Gasteiger partial charge in [0.2, 0.25) is 5.91 Å². The van der Waals surface area contributed by atoms with Gasteiger partial charge in [0.05, 0.1) is 0 Å². The summed E-state index contributed by atoms with van der Waals surface area (Å²) in [6.07, 6.45) is 2.24. The van der Waals surface area contributed by atoms with Crippen molar-refractivity contribution in [3.8, 4) is 0 Å². The molecule has 0 aliphatic rings. The van der Waals surface area contributed by atoms with Crippen LogP contribution in [0.4, 0.5) is 5.82 Å². The lowest BCUT2D eigenvalue weighted by molar-refractivity contribution is -0.116. The molecule has 3 N–H and O–H groups in total. The number of amides is 1. The molecule has 66 valence electrons. The van der Waals surface area contributed by atoms with Crippen molar-refractivity contribution in [1.29, 1.82) is 0 Å². The van der Waals surface area contributed by atoms with E-state index in [1.807, 2.05) is 29.9 Å². The van der Waals surface area contributed by atoms with Gasteiger partial charge in [-0.15, -0.1) is 0 Å². The zero-order valence-corrected chi connectivity index (χ0v) is 7.08. The van der Waals surface area contributed by atoms with E-state index in [1.54, 1.807) is 0 Å². The Morgan fingerprint density at radius 2 is 2.50 bits per heavy atom. The van der Waals surface area contributed by atoms with E-state index < -0.39 is 0 Å². The van der Waals surface area contributed by atoms with Crippen molar-refractivity contribution in [1.82, 2.24) is 4.57 Å². The van der Waals surface area contributed by atoms with E-state index in [2.05, 4.69) is 5.32 Å². The number of nitrogens with one attached hydrogen (secondary N) is 1. The first-order valence-corrected chi connectivity index (χ1v) is 3.85. The normalized spacial score (nSPS) is 9.83. The minimum atomic E-state index is -0.0423. The van der Waals surface area contributed by atoms with E-state index in [4.69, 9.17) is 5.73 Å². The first-order chi connectivity index (χ1) is 5.74.